The number of hydrogen-bond donors (Lipinski definition) is 1. The lowest BCUT2D eigenvalue weighted by molar-refractivity contribution is -0.137. The molecule has 0 atom stereocenters. The summed E-state index contributed by atoms with van der Waals surface area (Å²) in [7, 11) is 0. The van der Waals surface area contributed by atoms with Gasteiger partial charge in [-0.2, -0.15) is 0 Å². The monoisotopic (exact) mass is 424 g/mol. The zero-order chi connectivity index (χ0) is 21.3. The summed E-state index contributed by atoms with van der Waals surface area (Å²) in [4.78, 5) is 27.4. The fourth-order valence-corrected chi connectivity index (χ4v) is 3.30. The van der Waals surface area contributed by atoms with Crippen molar-refractivity contribution in [3.8, 4) is 0 Å². The number of imide groups is 1. The first kappa shape index (κ1) is 19.8. The molecule has 150 valence electrons. The zero-order valence-electron chi connectivity index (χ0n) is 15.5. The normalized spacial score (nSPS) is 13.9. The van der Waals surface area contributed by atoms with Gasteiger partial charge in [-0.1, -0.05) is 35.9 Å². The van der Waals surface area contributed by atoms with Crippen LogP contribution in [-0.2, 0) is 16.1 Å². The Labute approximate surface area is 176 Å². The Hall–Kier alpha value is -3.51. The maximum Gasteiger partial charge on any atom is 0.278 e. The van der Waals surface area contributed by atoms with Crippen LogP contribution in [0.1, 0.15) is 11.1 Å². The first-order valence-corrected chi connectivity index (χ1v) is 9.43. The van der Waals surface area contributed by atoms with E-state index in [4.69, 9.17) is 11.6 Å². The van der Waals surface area contributed by atoms with Crippen LogP contribution in [0.3, 0.4) is 0 Å². The van der Waals surface area contributed by atoms with Gasteiger partial charge in [-0.3, -0.25) is 14.5 Å². The van der Waals surface area contributed by atoms with Gasteiger partial charge in [0.25, 0.3) is 11.8 Å². The lowest BCUT2D eigenvalue weighted by atomic mass is 10.0. The molecular weight excluding hydrogens is 410 g/mol. The van der Waals surface area contributed by atoms with E-state index in [1.807, 2.05) is 0 Å². The van der Waals surface area contributed by atoms with Crippen LogP contribution < -0.4 is 5.32 Å². The van der Waals surface area contributed by atoms with Gasteiger partial charge in [0.05, 0.1) is 12.1 Å². The Kier molecular flexibility index (Phi) is 5.33. The van der Waals surface area contributed by atoms with Gasteiger partial charge in [0.15, 0.2) is 0 Å². The summed E-state index contributed by atoms with van der Waals surface area (Å²) in [5.41, 5.74) is 1.85. The van der Waals surface area contributed by atoms with Gasteiger partial charge in [0.1, 0.15) is 17.3 Å². The number of anilines is 1. The highest BCUT2D eigenvalue weighted by Crippen LogP contribution is 2.32. The van der Waals surface area contributed by atoms with E-state index in [0.717, 1.165) is 4.90 Å². The lowest BCUT2D eigenvalue weighted by Crippen LogP contribution is -2.32. The smallest absolute Gasteiger partial charge is 0.278 e. The molecule has 4 rings (SSSR count). The summed E-state index contributed by atoms with van der Waals surface area (Å²) in [5.74, 6) is -1.84. The van der Waals surface area contributed by atoms with Gasteiger partial charge in [0.2, 0.25) is 0 Å². The molecule has 0 unspecified atom stereocenters. The summed E-state index contributed by atoms with van der Waals surface area (Å²) in [6.07, 6.45) is 0. The Morgan fingerprint density at radius 3 is 1.93 bits per heavy atom. The summed E-state index contributed by atoms with van der Waals surface area (Å²) in [6.45, 7) is -0.0103. The van der Waals surface area contributed by atoms with Crippen molar-refractivity contribution < 1.29 is 18.4 Å². The SMILES string of the molecule is O=C1C(Nc2ccc(F)cc2)=C(c2ccc(Cl)cc2)C(=O)N1Cc1ccc(F)cc1. The molecule has 3 aromatic carbocycles. The highest BCUT2D eigenvalue weighted by atomic mass is 35.5. The van der Waals surface area contributed by atoms with Crippen LogP contribution in [0.5, 0.6) is 0 Å². The molecule has 0 aromatic heterocycles. The van der Waals surface area contributed by atoms with Crippen LogP contribution in [0.4, 0.5) is 14.5 Å². The molecule has 0 bridgehead atoms. The van der Waals surface area contributed by atoms with Crippen LogP contribution in [0.25, 0.3) is 5.57 Å². The molecule has 7 heteroatoms. The molecule has 1 aliphatic heterocycles. The van der Waals surface area contributed by atoms with Crippen molar-refractivity contribution >= 4 is 34.7 Å². The van der Waals surface area contributed by atoms with E-state index < -0.39 is 23.4 Å². The molecule has 0 saturated carbocycles. The third-order valence-corrected chi connectivity index (χ3v) is 4.92. The van der Waals surface area contributed by atoms with Crippen molar-refractivity contribution in [1.29, 1.82) is 0 Å². The number of hydrogen-bond acceptors (Lipinski definition) is 3. The molecule has 0 aliphatic carbocycles. The molecule has 2 amide bonds. The summed E-state index contributed by atoms with van der Waals surface area (Å²) in [5, 5.41) is 3.44. The molecule has 1 heterocycles. The minimum Gasteiger partial charge on any atom is -0.350 e. The number of nitrogens with one attached hydrogen (secondary N) is 1. The van der Waals surface area contributed by atoms with E-state index in [2.05, 4.69) is 5.32 Å². The Morgan fingerprint density at radius 1 is 0.767 bits per heavy atom. The van der Waals surface area contributed by atoms with Crippen LogP contribution in [0.15, 0.2) is 78.5 Å². The predicted molar refractivity (Wildman–Crippen MR) is 110 cm³/mol. The number of rotatable bonds is 5. The second-order valence-corrected chi connectivity index (χ2v) is 7.15. The minimum atomic E-state index is -0.529. The van der Waals surface area contributed by atoms with Gasteiger partial charge in [-0.25, -0.2) is 8.78 Å². The summed E-state index contributed by atoms with van der Waals surface area (Å²) in [6, 6.07) is 17.6. The fourth-order valence-electron chi connectivity index (χ4n) is 3.17. The van der Waals surface area contributed by atoms with Crippen molar-refractivity contribution in [2.24, 2.45) is 0 Å². The number of halogens is 3. The quantitative estimate of drug-likeness (QED) is 0.586. The first-order chi connectivity index (χ1) is 14.4. The number of nitrogens with zero attached hydrogens (tertiary/aromatic N) is 1. The van der Waals surface area contributed by atoms with Gasteiger partial charge in [-0.05, 0) is 59.7 Å². The van der Waals surface area contributed by atoms with Crippen LogP contribution in [0.2, 0.25) is 5.02 Å². The largest absolute Gasteiger partial charge is 0.350 e. The molecular formula is C23H15ClF2N2O2. The highest BCUT2D eigenvalue weighted by molar-refractivity contribution is 6.36. The fraction of sp³-hybridized carbons (Fsp3) is 0.0435. The van der Waals surface area contributed by atoms with Crippen molar-refractivity contribution in [3.05, 3.63) is 106 Å². The first-order valence-electron chi connectivity index (χ1n) is 9.06. The van der Waals surface area contributed by atoms with E-state index in [9.17, 15) is 18.4 Å². The standard InChI is InChI=1S/C23H15ClF2N2O2/c24-16-5-3-15(4-6-16)20-21(27-19-11-9-18(26)10-12-19)23(30)28(22(20)29)13-14-1-7-17(25)8-2-14/h1-12,27H,13H2. The maximum atomic E-state index is 13.2. The highest BCUT2D eigenvalue weighted by Gasteiger charge is 2.39. The van der Waals surface area contributed by atoms with Crippen molar-refractivity contribution in [3.63, 3.8) is 0 Å². The van der Waals surface area contributed by atoms with Crippen LogP contribution in [0, 0.1) is 11.6 Å². The third kappa shape index (κ3) is 3.95. The lowest BCUT2D eigenvalue weighted by Gasteiger charge is -2.15. The zero-order valence-corrected chi connectivity index (χ0v) is 16.3. The van der Waals surface area contributed by atoms with E-state index >= 15 is 0 Å². The van der Waals surface area contributed by atoms with E-state index in [1.165, 1.54) is 48.5 Å². The predicted octanol–water partition coefficient (Wildman–Crippen LogP) is 5.01. The summed E-state index contributed by atoms with van der Waals surface area (Å²) < 4.78 is 26.4. The van der Waals surface area contributed by atoms with E-state index in [0.29, 0.717) is 21.8 Å². The van der Waals surface area contributed by atoms with Crippen molar-refractivity contribution in [2.45, 2.75) is 6.54 Å². The summed E-state index contributed by atoms with van der Waals surface area (Å²) >= 11 is 5.95. The van der Waals surface area contributed by atoms with Crippen LogP contribution >= 0.6 is 11.6 Å². The molecule has 0 saturated heterocycles. The molecule has 0 fully saturated rings. The molecule has 30 heavy (non-hydrogen) atoms. The van der Waals surface area contributed by atoms with Gasteiger partial charge in [-0.15, -0.1) is 0 Å². The molecule has 0 radical (unpaired) electrons. The Bertz CT molecular complexity index is 1140. The Balaban J connectivity index is 1.72. The molecule has 1 aliphatic rings. The molecule has 4 nitrogen and oxygen atoms in total. The Morgan fingerprint density at radius 2 is 1.33 bits per heavy atom. The number of benzene rings is 3. The molecule has 3 aromatic rings. The van der Waals surface area contributed by atoms with E-state index in [-0.39, 0.29) is 17.8 Å². The van der Waals surface area contributed by atoms with Gasteiger partial charge in [0, 0.05) is 10.7 Å². The molecule has 0 spiro atoms. The second kappa shape index (κ2) is 8.08. The number of carbonyl (C=O) groups is 2. The second-order valence-electron chi connectivity index (χ2n) is 6.71. The number of amides is 2. The van der Waals surface area contributed by atoms with E-state index in [1.54, 1.807) is 24.3 Å². The van der Waals surface area contributed by atoms with Crippen molar-refractivity contribution in [2.75, 3.05) is 5.32 Å². The average Bonchev–Trinajstić information content (AvgIpc) is 2.96. The van der Waals surface area contributed by atoms with Gasteiger partial charge < -0.3 is 5.32 Å². The third-order valence-electron chi connectivity index (χ3n) is 4.67. The van der Waals surface area contributed by atoms with Crippen molar-refractivity contribution in [1.82, 2.24) is 4.90 Å². The minimum absolute atomic E-state index is 0.0103. The van der Waals surface area contributed by atoms with Gasteiger partial charge >= 0.3 is 0 Å². The molecule has 1 N–H and O–H groups in total. The topological polar surface area (TPSA) is 49.4 Å². The number of carbonyl (C=O) groups excluding carboxylic acids is 2. The van der Waals surface area contributed by atoms with Crippen LogP contribution in [-0.4, -0.2) is 16.7 Å². The average molecular weight is 425 g/mol. The maximum absolute atomic E-state index is 13.2.